The van der Waals surface area contributed by atoms with Crippen LogP contribution in [0.25, 0.3) is 11.5 Å². The number of aromatic nitrogens is 1. The minimum Gasteiger partial charge on any atom is -0.493 e. The number of carbonyl (C=O) groups is 1. The Morgan fingerprint density at radius 1 is 1.12 bits per heavy atom. The zero-order chi connectivity index (χ0) is 29.8. The van der Waals surface area contributed by atoms with Gasteiger partial charge in [-0.05, 0) is 55.9 Å². The standard InChI is InChI=1S/C27H31F3N4O6S/c1-19-24(31-26(40-19)21-6-8-22(9-7-21)27(28,29)30)10-15-39-23-5-3-4-20(16-23)17-34(18-25(35)36)41(37,38)33-13-11-32(2)12-14-33/h3-9,16H,10-15,17-18H2,1-2H3,(H,35,36). The SMILES string of the molecule is Cc1oc(-c2ccc(C(F)(F)F)cc2)nc1CCOc1cccc(CN(CC(=O)O)S(=O)(=O)N2CCN(C)CC2)c1. The molecule has 2 aromatic carbocycles. The van der Waals surface area contributed by atoms with E-state index in [4.69, 9.17) is 9.15 Å². The number of carboxylic acids is 1. The van der Waals surface area contributed by atoms with Gasteiger partial charge in [-0.25, -0.2) is 4.98 Å². The van der Waals surface area contributed by atoms with Crippen molar-refractivity contribution in [1.82, 2.24) is 18.5 Å². The second kappa shape index (κ2) is 12.6. The summed E-state index contributed by atoms with van der Waals surface area (Å²) in [7, 11) is -2.10. The van der Waals surface area contributed by atoms with Gasteiger partial charge in [0, 0.05) is 44.7 Å². The van der Waals surface area contributed by atoms with Crippen molar-refractivity contribution in [3.05, 3.63) is 71.1 Å². The first-order chi connectivity index (χ1) is 19.3. The lowest BCUT2D eigenvalue weighted by Gasteiger charge is -2.34. The minimum atomic E-state index is -4.43. The topological polar surface area (TPSA) is 116 Å². The lowest BCUT2D eigenvalue weighted by molar-refractivity contribution is -0.138. The molecule has 0 spiro atoms. The fraction of sp³-hybridized carbons (Fsp3) is 0.407. The number of aliphatic carboxylic acids is 1. The summed E-state index contributed by atoms with van der Waals surface area (Å²) in [6.07, 6.45) is -4.08. The Morgan fingerprint density at radius 3 is 2.44 bits per heavy atom. The summed E-state index contributed by atoms with van der Waals surface area (Å²) in [6, 6.07) is 11.3. The summed E-state index contributed by atoms with van der Waals surface area (Å²) in [5, 5.41) is 9.37. The maximum atomic E-state index is 13.2. The Bertz CT molecular complexity index is 1450. The number of hydrogen-bond donors (Lipinski definition) is 1. The zero-order valence-electron chi connectivity index (χ0n) is 22.6. The summed E-state index contributed by atoms with van der Waals surface area (Å²) in [6.45, 7) is 2.75. The minimum absolute atomic E-state index is 0.142. The van der Waals surface area contributed by atoms with E-state index < -0.39 is 34.5 Å². The summed E-state index contributed by atoms with van der Waals surface area (Å²) in [5.74, 6) is -0.0865. The largest absolute Gasteiger partial charge is 0.493 e. The summed E-state index contributed by atoms with van der Waals surface area (Å²) < 4.78 is 78.7. The molecule has 0 saturated carbocycles. The van der Waals surface area contributed by atoms with Crippen LogP contribution < -0.4 is 4.74 Å². The molecule has 2 heterocycles. The molecule has 0 amide bonds. The van der Waals surface area contributed by atoms with Crippen molar-refractivity contribution < 1.29 is 40.6 Å². The lowest BCUT2D eigenvalue weighted by Crippen LogP contribution is -2.52. The zero-order valence-corrected chi connectivity index (χ0v) is 23.4. The summed E-state index contributed by atoms with van der Waals surface area (Å²) in [5.41, 5.74) is 0.799. The molecule has 1 saturated heterocycles. The lowest BCUT2D eigenvalue weighted by atomic mass is 10.1. The Hall–Kier alpha value is -3.46. The molecule has 10 nitrogen and oxygen atoms in total. The van der Waals surface area contributed by atoms with Crippen molar-refractivity contribution in [2.75, 3.05) is 46.4 Å². The Balaban J connectivity index is 1.39. The Kier molecular flexibility index (Phi) is 9.37. The van der Waals surface area contributed by atoms with E-state index in [2.05, 4.69) is 4.98 Å². The molecule has 1 aromatic heterocycles. The number of aryl methyl sites for hydroxylation is 1. The van der Waals surface area contributed by atoms with Gasteiger partial charge in [0.2, 0.25) is 5.89 Å². The first kappa shape index (κ1) is 30.5. The molecule has 0 unspecified atom stereocenters. The molecule has 0 radical (unpaired) electrons. The number of likely N-dealkylation sites (N-methyl/N-ethyl adjacent to an activating group) is 1. The molecule has 1 aliphatic rings. The van der Waals surface area contributed by atoms with Crippen LogP contribution in [0.2, 0.25) is 0 Å². The number of rotatable bonds is 11. The number of benzene rings is 2. The van der Waals surface area contributed by atoms with Crippen molar-refractivity contribution in [2.45, 2.75) is 26.1 Å². The quantitative estimate of drug-likeness (QED) is 0.357. The maximum absolute atomic E-state index is 13.2. The average molecular weight is 597 g/mol. The van der Waals surface area contributed by atoms with Gasteiger partial charge >= 0.3 is 12.1 Å². The normalized spacial score (nSPS) is 15.4. The number of piperazine rings is 1. The molecule has 3 aromatic rings. The van der Waals surface area contributed by atoms with Crippen LogP contribution in [0.3, 0.4) is 0 Å². The van der Waals surface area contributed by atoms with Gasteiger partial charge < -0.3 is 19.2 Å². The number of ether oxygens (including phenoxy) is 1. The van der Waals surface area contributed by atoms with E-state index in [1.54, 1.807) is 31.2 Å². The highest BCUT2D eigenvalue weighted by Crippen LogP contribution is 2.31. The smallest absolute Gasteiger partial charge is 0.416 e. The van der Waals surface area contributed by atoms with Crippen molar-refractivity contribution in [1.29, 1.82) is 0 Å². The number of oxazole rings is 1. The van der Waals surface area contributed by atoms with Gasteiger partial charge in [0.15, 0.2) is 0 Å². The highest BCUT2D eigenvalue weighted by Gasteiger charge is 2.33. The highest BCUT2D eigenvalue weighted by molar-refractivity contribution is 7.86. The van der Waals surface area contributed by atoms with Crippen LogP contribution in [0, 0.1) is 6.92 Å². The third-order valence-electron chi connectivity index (χ3n) is 6.64. The van der Waals surface area contributed by atoms with Crippen LogP contribution in [-0.2, 0) is 34.1 Å². The van der Waals surface area contributed by atoms with Crippen LogP contribution in [0.5, 0.6) is 5.75 Å². The van der Waals surface area contributed by atoms with E-state index in [-0.39, 0.29) is 32.1 Å². The molecule has 0 aliphatic carbocycles. The molecular weight excluding hydrogens is 565 g/mol. The molecule has 0 bridgehead atoms. The van der Waals surface area contributed by atoms with Gasteiger partial charge in [0.25, 0.3) is 10.2 Å². The second-order valence-corrected chi connectivity index (χ2v) is 11.6. The molecule has 1 fully saturated rings. The Morgan fingerprint density at radius 2 is 1.80 bits per heavy atom. The van der Waals surface area contributed by atoms with Gasteiger partial charge in [-0.2, -0.15) is 30.2 Å². The molecule has 1 N–H and O–H groups in total. The third kappa shape index (κ3) is 7.85. The number of hydrogen-bond acceptors (Lipinski definition) is 7. The van der Waals surface area contributed by atoms with Gasteiger partial charge in [0.1, 0.15) is 18.1 Å². The van der Waals surface area contributed by atoms with Gasteiger partial charge in [0.05, 0.1) is 17.9 Å². The highest BCUT2D eigenvalue weighted by atomic mass is 32.2. The number of alkyl halides is 3. The molecule has 0 atom stereocenters. The van der Waals surface area contributed by atoms with Gasteiger partial charge in [-0.15, -0.1) is 0 Å². The van der Waals surface area contributed by atoms with E-state index in [0.717, 1.165) is 16.4 Å². The van der Waals surface area contributed by atoms with Crippen molar-refractivity contribution in [2.24, 2.45) is 0 Å². The van der Waals surface area contributed by atoms with Crippen molar-refractivity contribution in [3.8, 4) is 17.2 Å². The van der Waals surface area contributed by atoms with Crippen LogP contribution >= 0.6 is 0 Å². The van der Waals surface area contributed by atoms with Gasteiger partial charge in [-0.3, -0.25) is 4.79 Å². The predicted molar refractivity (Wildman–Crippen MR) is 143 cm³/mol. The first-order valence-electron chi connectivity index (χ1n) is 12.8. The molecule has 14 heteroatoms. The number of halogens is 3. The fourth-order valence-electron chi connectivity index (χ4n) is 4.34. The monoisotopic (exact) mass is 596 g/mol. The molecule has 1 aliphatic heterocycles. The van der Waals surface area contributed by atoms with E-state index in [1.165, 1.54) is 16.4 Å². The predicted octanol–water partition coefficient (Wildman–Crippen LogP) is 3.67. The second-order valence-electron chi connectivity index (χ2n) is 9.71. The Labute approximate surface area is 236 Å². The molecule has 222 valence electrons. The first-order valence-corrected chi connectivity index (χ1v) is 14.2. The molecule has 41 heavy (non-hydrogen) atoms. The third-order valence-corrected chi connectivity index (χ3v) is 8.57. The van der Waals surface area contributed by atoms with Crippen LogP contribution in [0.4, 0.5) is 13.2 Å². The van der Waals surface area contributed by atoms with E-state index in [0.29, 0.717) is 47.8 Å². The van der Waals surface area contributed by atoms with E-state index >= 15 is 0 Å². The molecule has 4 rings (SSSR count). The number of carboxylic acid groups (broad SMARTS) is 1. The summed E-state index contributed by atoms with van der Waals surface area (Å²) in [4.78, 5) is 17.9. The van der Waals surface area contributed by atoms with Crippen molar-refractivity contribution in [3.63, 3.8) is 0 Å². The van der Waals surface area contributed by atoms with Crippen LogP contribution in [0.1, 0.15) is 22.6 Å². The molecular formula is C27H31F3N4O6S. The maximum Gasteiger partial charge on any atom is 0.416 e. The average Bonchev–Trinajstić information content (AvgIpc) is 3.28. The van der Waals surface area contributed by atoms with E-state index in [1.807, 2.05) is 11.9 Å². The van der Waals surface area contributed by atoms with E-state index in [9.17, 15) is 31.5 Å². The van der Waals surface area contributed by atoms with Gasteiger partial charge in [-0.1, -0.05) is 12.1 Å². The fourth-order valence-corrected chi connectivity index (χ4v) is 5.88. The number of nitrogens with zero attached hydrogens (tertiary/aromatic N) is 4. The summed E-state index contributed by atoms with van der Waals surface area (Å²) >= 11 is 0. The van der Waals surface area contributed by atoms with Crippen molar-refractivity contribution >= 4 is 16.2 Å². The van der Waals surface area contributed by atoms with Crippen LogP contribution in [-0.4, -0.2) is 84.4 Å². The van der Waals surface area contributed by atoms with Crippen LogP contribution in [0.15, 0.2) is 52.9 Å².